The highest BCUT2D eigenvalue weighted by Crippen LogP contribution is 2.26. The van der Waals surface area contributed by atoms with Crippen LogP contribution < -0.4 is 5.32 Å². The van der Waals surface area contributed by atoms with Gasteiger partial charge in [0.2, 0.25) is 5.91 Å². The maximum atomic E-state index is 13.5. The largest absolute Gasteiger partial charge is 0.454 e. The van der Waals surface area contributed by atoms with Gasteiger partial charge in [-0.1, -0.05) is 331 Å². The number of aliphatic hydroxyl groups excluding tert-OH is 5. The van der Waals surface area contributed by atoms with Crippen LogP contribution >= 0.6 is 0 Å². The van der Waals surface area contributed by atoms with Crippen molar-refractivity contribution in [2.24, 2.45) is 0 Å². The molecule has 1 aliphatic rings. The number of carbonyl (C=O) groups is 2. The van der Waals surface area contributed by atoms with Crippen molar-refractivity contribution >= 4 is 11.9 Å². The highest BCUT2D eigenvalue weighted by molar-refractivity contribution is 5.80. The van der Waals surface area contributed by atoms with Gasteiger partial charge in [0.15, 0.2) is 12.4 Å². The summed E-state index contributed by atoms with van der Waals surface area (Å²) >= 11 is 0. The van der Waals surface area contributed by atoms with Crippen LogP contribution in [0.4, 0.5) is 0 Å². The number of ether oxygens (including phenoxy) is 3. The molecule has 0 spiro atoms. The molecule has 8 atom stereocenters. The van der Waals surface area contributed by atoms with E-state index in [1.54, 1.807) is 6.08 Å². The van der Waals surface area contributed by atoms with Crippen molar-refractivity contribution in [3.05, 3.63) is 72.9 Å². The molecular formula is C76H137NO10. The SMILES string of the molecule is CC/C=C\C/C=C\C/C=C\C/C=C\C/C=C\CCCCCCCCCCC(O)C(=O)NC(COC1OC(CO)C(O)C(O)C1OC(=O)CCCCCCCCCCCCCCCCCCCCCCCCC)C(O)/C=C/CCCCCCCCCCC. The fourth-order valence-corrected chi connectivity index (χ4v) is 11.4. The molecule has 0 bridgehead atoms. The zero-order valence-corrected chi connectivity index (χ0v) is 56.4. The van der Waals surface area contributed by atoms with Gasteiger partial charge in [0, 0.05) is 6.42 Å². The molecule has 11 nitrogen and oxygen atoms in total. The minimum absolute atomic E-state index is 0.126. The molecule has 0 saturated carbocycles. The first-order valence-corrected chi connectivity index (χ1v) is 36.7. The lowest BCUT2D eigenvalue weighted by Crippen LogP contribution is -2.61. The van der Waals surface area contributed by atoms with Crippen LogP contribution in [-0.4, -0.2) is 99.6 Å². The van der Waals surface area contributed by atoms with Crippen molar-refractivity contribution in [1.82, 2.24) is 5.32 Å². The molecule has 8 unspecified atom stereocenters. The Hall–Kier alpha value is -2.90. The smallest absolute Gasteiger partial charge is 0.306 e. The van der Waals surface area contributed by atoms with Gasteiger partial charge >= 0.3 is 5.97 Å². The zero-order chi connectivity index (χ0) is 63.1. The summed E-state index contributed by atoms with van der Waals surface area (Å²) in [6, 6.07) is -1.03. The first kappa shape index (κ1) is 82.1. The van der Waals surface area contributed by atoms with Gasteiger partial charge in [-0.15, -0.1) is 0 Å². The lowest BCUT2D eigenvalue weighted by Gasteiger charge is -2.41. The molecule has 1 aliphatic heterocycles. The van der Waals surface area contributed by atoms with Crippen LogP contribution in [0.25, 0.3) is 0 Å². The average Bonchev–Trinajstić information content (AvgIpc) is 1.30. The lowest BCUT2D eigenvalue weighted by molar-refractivity contribution is -0.305. The molecule has 1 amide bonds. The number of hydrogen-bond donors (Lipinski definition) is 6. The fourth-order valence-electron chi connectivity index (χ4n) is 11.4. The molecule has 0 aromatic carbocycles. The predicted molar refractivity (Wildman–Crippen MR) is 366 cm³/mol. The van der Waals surface area contributed by atoms with Crippen molar-refractivity contribution in [1.29, 1.82) is 0 Å². The van der Waals surface area contributed by atoms with Crippen LogP contribution in [0.15, 0.2) is 72.9 Å². The van der Waals surface area contributed by atoms with Gasteiger partial charge in [-0.2, -0.15) is 0 Å². The molecule has 1 saturated heterocycles. The Bertz CT molecular complexity index is 1690. The molecule has 87 heavy (non-hydrogen) atoms. The topological polar surface area (TPSA) is 175 Å². The van der Waals surface area contributed by atoms with Gasteiger partial charge in [0.25, 0.3) is 0 Å². The van der Waals surface area contributed by atoms with E-state index in [1.807, 2.05) is 6.08 Å². The number of aliphatic hydroxyl groups is 5. The van der Waals surface area contributed by atoms with Crippen LogP contribution in [0.5, 0.6) is 0 Å². The van der Waals surface area contributed by atoms with Crippen LogP contribution in [0, 0.1) is 0 Å². The summed E-state index contributed by atoms with van der Waals surface area (Å²) in [5.41, 5.74) is 0. The maximum absolute atomic E-state index is 13.5. The summed E-state index contributed by atoms with van der Waals surface area (Å²) in [7, 11) is 0. The van der Waals surface area contributed by atoms with Gasteiger partial charge in [-0.25, -0.2) is 0 Å². The van der Waals surface area contributed by atoms with Crippen molar-refractivity contribution in [2.75, 3.05) is 13.2 Å². The zero-order valence-electron chi connectivity index (χ0n) is 56.4. The summed E-state index contributed by atoms with van der Waals surface area (Å²) in [5.74, 6) is -1.19. The van der Waals surface area contributed by atoms with Crippen molar-refractivity contribution in [3.8, 4) is 0 Å². The highest BCUT2D eigenvalue weighted by Gasteiger charge is 2.47. The van der Waals surface area contributed by atoms with E-state index in [-0.39, 0.29) is 19.4 Å². The van der Waals surface area contributed by atoms with Crippen LogP contribution in [0.1, 0.15) is 335 Å². The number of allylic oxidation sites excluding steroid dienone is 11. The Labute approximate surface area is 534 Å². The van der Waals surface area contributed by atoms with E-state index in [9.17, 15) is 35.1 Å². The molecule has 1 rings (SSSR count). The molecule has 0 aromatic heterocycles. The second-order valence-corrected chi connectivity index (χ2v) is 25.3. The number of carbonyl (C=O) groups excluding carboxylic acids is 2. The monoisotopic (exact) mass is 1220 g/mol. The van der Waals surface area contributed by atoms with Crippen LogP contribution in [-0.2, 0) is 23.8 Å². The number of unbranched alkanes of at least 4 members (excludes halogenated alkanes) is 39. The first-order chi connectivity index (χ1) is 42.7. The third kappa shape index (κ3) is 50.4. The number of rotatable bonds is 63. The maximum Gasteiger partial charge on any atom is 0.306 e. The second kappa shape index (κ2) is 63.3. The van der Waals surface area contributed by atoms with Gasteiger partial charge in [0.1, 0.15) is 24.4 Å². The van der Waals surface area contributed by atoms with E-state index >= 15 is 0 Å². The molecule has 506 valence electrons. The van der Waals surface area contributed by atoms with Crippen LogP contribution in [0.3, 0.4) is 0 Å². The first-order valence-electron chi connectivity index (χ1n) is 36.7. The minimum Gasteiger partial charge on any atom is -0.454 e. The standard InChI is InChI=1S/C76H137NO10/c1-4-7-10-13-16-19-22-24-26-28-30-32-34-36-37-39-41-43-45-48-51-54-57-60-63-69(80)75(84)77-67(68(79)62-59-56-53-50-47-21-18-15-12-9-6-3)66-85-76-74(73(83)72(82)70(65-78)86-76)87-71(81)64-61-58-55-52-49-46-44-42-40-38-35-33-31-29-27-25-23-20-17-14-11-8-5-2/h7,10,16,19,24,26,30,32,36-37,59,62,67-70,72-74,76,78-80,82-83H,4-6,8-9,11-15,17-18,20-23,25,27-29,31,33-35,38-58,60-61,63-66H2,1-3H3,(H,77,84)/b10-7-,19-16-,26-24-,32-30-,37-36-,62-59+. The average molecular weight is 1220 g/mol. The number of esters is 1. The number of nitrogens with one attached hydrogen (secondary N) is 1. The highest BCUT2D eigenvalue weighted by atomic mass is 16.7. The Balaban J connectivity index is 2.54. The third-order valence-electron chi connectivity index (χ3n) is 17.1. The van der Waals surface area contributed by atoms with Crippen molar-refractivity contribution in [2.45, 2.75) is 384 Å². The number of amides is 1. The van der Waals surface area contributed by atoms with E-state index in [0.717, 1.165) is 96.3 Å². The third-order valence-corrected chi connectivity index (χ3v) is 17.1. The van der Waals surface area contributed by atoms with E-state index in [0.29, 0.717) is 12.8 Å². The van der Waals surface area contributed by atoms with Crippen molar-refractivity contribution in [3.63, 3.8) is 0 Å². The quantitative estimate of drug-likeness (QED) is 0.0195. The van der Waals surface area contributed by atoms with Crippen molar-refractivity contribution < 1.29 is 49.3 Å². The molecule has 1 fully saturated rings. The lowest BCUT2D eigenvalue weighted by atomic mass is 9.99. The fraction of sp³-hybridized carbons (Fsp3) is 0.816. The molecular weight excluding hydrogens is 1090 g/mol. The van der Waals surface area contributed by atoms with Crippen LogP contribution in [0.2, 0.25) is 0 Å². The summed E-state index contributed by atoms with van der Waals surface area (Å²) in [4.78, 5) is 26.7. The normalized spacial score (nSPS) is 18.6. The van der Waals surface area contributed by atoms with Gasteiger partial charge in [0.05, 0.1) is 25.4 Å². The minimum atomic E-state index is -1.62. The van der Waals surface area contributed by atoms with E-state index in [4.69, 9.17) is 14.2 Å². The Morgan fingerprint density at radius 2 is 0.828 bits per heavy atom. The van der Waals surface area contributed by atoms with Gasteiger partial charge in [-0.3, -0.25) is 9.59 Å². The Morgan fingerprint density at radius 3 is 1.24 bits per heavy atom. The predicted octanol–water partition coefficient (Wildman–Crippen LogP) is 19.1. The molecule has 11 heteroatoms. The Morgan fingerprint density at radius 1 is 0.460 bits per heavy atom. The number of hydrogen-bond acceptors (Lipinski definition) is 10. The van der Waals surface area contributed by atoms with Gasteiger partial charge in [-0.05, 0) is 70.6 Å². The molecule has 0 aromatic rings. The Kier molecular flexibility index (Phi) is 59.7. The van der Waals surface area contributed by atoms with Gasteiger partial charge < -0.3 is 45.1 Å². The molecule has 1 heterocycles. The second-order valence-electron chi connectivity index (χ2n) is 25.3. The summed E-state index contributed by atoms with van der Waals surface area (Å²) in [6.07, 6.45) is 72.3. The molecule has 0 aliphatic carbocycles. The van der Waals surface area contributed by atoms with E-state index in [2.05, 4.69) is 86.8 Å². The summed E-state index contributed by atoms with van der Waals surface area (Å²) in [6.45, 7) is 5.71. The van der Waals surface area contributed by atoms with E-state index < -0.39 is 67.4 Å². The van der Waals surface area contributed by atoms with E-state index in [1.165, 1.54) is 193 Å². The summed E-state index contributed by atoms with van der Waals surface area (Å²) < 4.78 is 17.7. The molecule has 6 N–H and O–H groups in total. The summed E-state index contributed by atoms with van der Waals surface area (Å²) in [5, 5.41) is 57.3. The molecule has 0 radical (unpaired) electrons.